The van der Waals surface area contributed by atoms with Gasteiger partial charge in [0.2, 0.25) is 0 Å². The Morgan fingerprint density at radius 2 is 2.00 bits per heavy atom. The highest BCUT2D eigenvalue weighted by Crippen LogP contribution is 2.02. The largest absolute Gasteiger partial charge is 0.389 e. The van der Waals surface area contributed by atoms with Crippen LogP contribution in [0.15, 0.2) is 43.0 Å². The van der Waals surface area contributed by atoms with Crippen LogP contribution >= 0.6 is 0 Å². The van der Waals surface area contributed by atoms with E-state index < -0.39 is 6.10 Å². The Bertz CT molecular complexity index is 216. The van der Waals surface area contributed by atoms with E-state index in [2.05, 4.69) is 6.58 Å². The average Bonchev–Trinajstić information content (AvgIpc) is 2.06. The van der Waals surface area contributed by atoms with Crippen molar-refractivity contribution in [2.75, 3.05) is 0 Å². The Labute approximate surface area is 67.0 Å². The van der Waals surface area contributed by atoms with Crippen molar-refractivity contribution in [1.82, 2.24) is 0 Å². The summed E-state index contributed by atoms with van der Waals surface area (Å²) in [6, 6.07) is 9.87. The van der Waals surface area contributed by atoms with Crippen molar-refractivity contribution in [3.63, 3.8) is 0 Å². The topological polar surface area (TPSA) is 20.2 Å². The molecule has 0 fully saturated rings. The first-order valence-corrected chi connectivity index (χ1v) is 3.67. The van der Waals surface area contributed by atoms with E-state index in [0.717, 1.165) is 5.56 Å². The Hall–Kier alpha value is -1.08. The minimum absolute atomic E-state index is 0.419. The molecule has 0 aliphatic carbocycles. The summed E-state index contributed by atoms with van der Waals surface area (Å²) in [6.45, 7) is 3.51. The summed E-state index contributed by atoms with van der Waals surface area (Å²) in [5.74, 6) is 0. The molecule has 0 amide bonds. The highest BCUT2D eigenvalue weighted by Gasteiger charge is 1.97. The molecule has 0 aromatic heterocycles. The van der Waals surface area contributed by atoms with Crippen molar-refractivity contribution in [2.24, 2.45) is 0 Å². The van der Waals surface area contributed by atoms with Crippen LogP contribution in [0.2, 0.25) is 0 Å². The number of rotatable bonds is 3. The third-order valence-corrected chi connectivity index (χ3v) is 1.56. The first-order chi connectivity index (χ1) is 5.33. The predicted octanol–water partition coefficient (Wildman–Crippen LogP) is 1.78. The van der Waals surface area contributed by atoms with E-state index in [-0.39, 0.29) is 0 Å². The van der Waals surface area contributed by atoms with E-state index in [9.17, 15) is 5.11 Å². The molecule has 0 unspecified atom stereocenters. The third-order valence-electron chi connectivity index (χ3n) is 1.56. The van der Waals surface area contributed by atoms with E-state index in [1.165, 1.54) is 0 Å². The van der Waals surface area contributed by atoms with E-state index in [1.54, 1.807) is 6.08 Å². The standard InChI is InChI=1S/C10H12O/c1-2-10(11)8-9-6-4-3-5-7-9/h2-7,10-11H,1,8H2/t10-/m1/s1. The van der Waals surface area contributed by atoms with Crippen LogP contribution in [-0.2, 0) is 6.42 Å². The van der Waals surface area contributed by atoms with Crippen LogP contribution in [0.4, 0.5) is 0 Å². The van der Waals surface area contributed by atoms with Gasteiger partial charge in [-0.2, -0.15) is 0 Å². The lowest BCUT2D eigenvalue weighted by molar-refractivity contribution is 0.224. The Kier molecular flexibility index (Phi) is 2.87. The van der Waals surface area contributed by atoms with Gasteiger partial charge in [-0.15, -0.1) is 6.58 Å². The Morgan fingerprint density at radius 3 is 2.55 bits per heavy atom. The molecule has 1 aromatic carbocycles. The maximum absolute atomic E-state index is 9.19. The first kappa shape index (κ1) is 8.02. The van der Waals surface area contributed by atoms with E-state index >= 15 is 0 Å². The Balaban J connectivity index is 2.57. The van der Waals surface area contributed by atoms with Gasteiger partial charge >= 0.3 is 0 Å². The summed E-state index contributed by atoms with van der Waals surface area (Å²) >= 11 is 0. The molecular formula is C10H12O. The Morgan fingerprint density at radius 1 is 1.36 bits per heavy atom. The summed E-state index contributed by atoms with van der Waals surface area (Å²) in [7, 11) is 0. The van der Waals surface area contributed by atoms with Gasteiger partial charge in [-0.25, -0.2) is 0 Å². The second-order valence-electron chi connectivity index (χ2n) is 2.49. The first-order valence-electron chi connectivity index (χ1n) is 3.67. The second kappa shape index (κ2) is 3.94. The lowest BCUT2D eigenvalue weighted by Gasteiger charge is -2.03. The zero-order chi connectivity index (χ0) is 8.10. The monoisotopic (exact) mass is 148 g/mol. The van der Waals surface area contributed by atoms with Crippen molar-refractivity contribution in [1.29, 1.82) is 0 Å². The molecule has 1 atom stereocenters. The molecule has 11 heavy (non-hydrogen) atoms. The van der Waals surface area contributed by atoms with Crippen LogP contribution in [0.5, 0.6) is 0 Å². The lowest BCUT2D eigenvalue weighted by atomic mass is 10.1. The zero-order valence-corrected chi connectivity index (χ0v) is 6.40. The fourth-order valence-electron chi connectivity index (χ4n) is 0.939. The highest BCUT2D eigenvalue weighted by molar-refractivity contribution is 5.16. The van der Waals surface area contributed by atoms with Gasteiger partial charge in [-0.1, -0.05) is 36.4 Å². The van der Waals surface area contributed by atoms with Crippen LogP contribution in [0, 0.1) is 0 Å². The minimum Gasteiger partial charge on any atom is -0.389 e. The molecule has 0 aliphatic heterocycles. The van der Waals surface area contributed by atoms with Crippen LogP contribution in [0.3, 0.4) is 0 Å². The van der Waals surface area contributed by atoms with Crippen molar-refractivity contribution in [3.05, 3.63) is 48.6 Å². The molecular weight excluding hydrogens is 136 g/mol. The van der Waals surface area contributed by atoms with Crippen LogP contribution in [0.1, 0.15) is 5.56 Å². The van der Waals surface area contributed by atoms with Crippen molar-refractivity contribution in [2.45, 2.75) is 12.5 Å². The molecule has 1 heteroatoms. The summed E-state index contributed by atoms with van der Waals surface area (Å²) in [5, 5.41) is 9.19. The van der Waals surface area contributed by atoms with E-state index in [1.807, 2.05) is 30.3 Å². The molecule has 0 aliphatic rings. The van der Waals surface area contributed by atoms with Gasteiger partial charge in [0.1, 0.15) is 0 Å². The number of hydrogen-bond acceptors (Lipinski definition) is 1. The van der Waals surface area contributed by atoms with Gasteiger partial charge in [-0.3, -0.25) is 0 Å². The molecule has 1 nitrogen and oxygen atoms in total. The smallest absolute Gasteiger partial charge is 0.0758 e. The van der Waals surface area contributed by atoms with Gasteiger partial charge in [0, 0.05) is 6.42 Å². The fourth-order valence-corrected chi connectivity index (χ4v) is 0.939. The number of aliphatic hydroxyl groups excluding tert-OH is 1. The molecule has 0 saturated carbocycles. The van der Waals surface area contributed by atoms with Crippen molar-refractivity contribution < 1.29 is 5.11 Å². The molecule has 1 N–H and O–H groups in total. The zero-order valence-electron chi connectivity index (χ0n) is 6.40. The average molecular weight is 148 g/mol. The van der Waals surface area contributed by atoms with Crippen molar-refractivity contribution in [3.8, 4) is 0 Å². The van der Waals surface area contributed by atoms with E-state index in [0.29, 0.717) is 6.42 Å². The van der Waals surface area contributed by atoms with Gasteiger partial charge in [0.15, 0.2) is 0 Å². The quantitative estimate of drug-likeness (QED) is 0.648. The SMILES string of the molecule is C=C[C@@H](O)Cc1ccccc1. The molecule has 0 heterocycles. The fraction of sp³-hybridized carbons (Fsp3) is 0.200. The molecule has 0 saturated heterocycles. The third kappa shape index (κ3) is 2.56. The van der Waals surface area contributed by atoms with Crippen LogP contribution in [0.25, 0.3) is 0 Å². The molecule has 0 spiro atoms. The van der Waals surface area contributed by atoms with Gasteiger partial charge < -0.3 is 5.11 Å². The van der Waals surface area contributed by atoms with Crippen LogP contribution < -0.4 is 0 Å². The number of aliphatic hydroxyl groups is 1. The van der Waals surface area contributed by atoms with Gasteiger partial charge in [0.25, 0.3) is 0 Å². The summed E-state index contributed by atoms with van der Waals surface area (Å²) in [5.41, 5.74) is 1.14. The predicted molar refractivity (Wildman–Crippen MR) is 46.3 cm³/mol. The van der Waals surface area contributed by atoms with Gasteiger partial charge in [0.05, 0.1) is 6.10 Å². The summed E-state index contributed by atoms with van der Waals surface area (Å²) < 4.78 is 0. The molecule has 0 bridgehead atoms. The number of hydrogen-bond donors (Lipinski definition) is 1. The molecule has 0 radical (unpaired) electrons. The minimum atomic E-state index is -0.419. The van der Waals surface area contributed by atoms with Crippen molar-refractivity contribution >= 4 is 0 Å². The highest BCUT2D eigenvalue weighted by atomic mass is 16.3. The summed E-state index contributed by atoms with van der Waals surface area (Å²) in [6.07, 6.45) is 1.79. The van der Waals surface area contributed by atoms with Crippen LogP contribution in [-0.4, -0.2) is 11.2 Å². The number of benzene rings is 1. The molecule has 1 aromatic rings. The maximum atomic E-state index is 9.19. The maximum Gasteiger partial charge on any atom is 0.0758 e. The molecule has 58 valence electrons. The molecule has 1 rings (SSSR count). The normalized spacial score (nSPS) is 12.5. The second-order valence-corrected chi connectivity index (χ2v) is 2.49. The lowest BCUT2D eigenvalue weighted by Crippen LogP contribution is -2.05. The van der Waals surface area contributed by atoms with Gasteiger partial charge in [-0.05, 0) is 5.56 Å². The van der Waals surface area contributed by atoms with E-state index in [4.69, 9.17) is 0 Å². The summed E-state index contributed by atoms with van der Waals surface area (Å²) in [4.78, 5) is 0.